The lowest BCUT2D eigenvalue weighted by atomic mass is 9.72. The lowest BCUT2D eigenvalue weighted by Crippen LogP contribution is -2.57. The normalized spacial score (nSPS) is 19.7. The molecule has 0 spiro atoms. The predicted octanol–water partition coefficient (Wildman–Crippen LogP) is -2.30. The van der Waals surface area contributed by atoms with E-state index in [2.05, 4.69) is 5.32 Å². The number of carbonyl (C=O) groups excluding carboxylic acids is 2. The molecule has 0 unspecified atom stereocenters. The van der Waals surface area contributed by atoms with Crippen LogP contribution in [-0.4, -0.2) is 90.9 Å². The molecule has 0 saturated carbocycles. The second kappa shape index (κ2) is 10.0. The van der Waals surface area contributed by atoms with Gasteiger partial charge >= 0.3 is 7.12 Å². The fraction of sp³-hybridized carbons (Fsp3) is 0.556. The summed E-state index contributed by atoms with van der Waals surface area (Å²) in [4.78, 5) is 28.1. The van der Waals surface area contributed by atoms with Crippen LogP contribution in [0.3, 0.4) is 0 Å². The molecule has 10 nitrogen and oxygen atoms in total. The maximum atomic E-state index is 12.4. The summed E-state index contributed by atoms with van der Waals surface area (Å²) in [6.45, 7) is 2.22. The number of aliphatic hydroxyl groups excluding tert-OH is 1. The van der Waals surface area contributed by atoms with Gasteiger partial charge in [0, 0.05) is 31.7 Å². The van der Waals surface area contributed by atoms with Gasteiger partial charge in [-0.25, -0.2) is 0 Å². The van der Waals surface area contributed by atoms with Gasteiger partial charge in [-0.3, -0.25) is 14.5 Å². The number of hydrogen-bond acceptors (Lipinski definition) is 8. The van der Waals surface area contributed by atoms with E-state index in [1.54, 1.807) is 6.07 Å². The third-order valence-electron chi connectivity index (χ3n) is 5.07. The van der Waals surface area contributed by atoms with E-state index in [0.717, 1.165) is 5.56 Å². The van der Waals surface area contributed by atoms with E-state index in [4.69, 9.17) is 20.2 Å². The third kappa shape index (κ3) is 5.46. The second-order valence-electron chi connectivity index (χ2n) is 7.15. The SMILES string of the molecule is NCCN1CCN(CC(=O)N[C@H]2Cc3cccc(COCO)c3OB2O)C(=O)C1. The number of benzene rings is 1. The smallest absolute Gasteiger partial charge is 0.534 e. The number of rotatable bonds is 8. The number of amides is 2. The van der Waals surface area contributed by atoms with Gasteiger partial charge in [-0.1, -0.05) is 18.2 Å². The molecule has 1 atom stereocenters. The first-order valence-electron chi connectivity index (χ1n) is 9.65. The largest absolute Gasteiger partial charge is 0.547 e. The lowest BCUT2D eigenvalue weighted by Gasteiger charge is -2.34. The van der Waals surface area contributed by atoms with Gasteiger partial charge < -0.3 is 35.5 Å². The number of carbonyl (C=O) groups is 2. The number of fused-ring (bicyclic) bond motifs is 1. The molecule has 2 heterocycles. The molecule has 11 heteroatoms. The summed E-state index contributed by atoms with van der Waals surface area (Å²) in [6, 6.07) is 5.47. The van der Waals surface area contributed by atoms with E-state index in [9.17, 15) is 14.6 Å². The predicted molar refractivity (Wildman–Crippen MR) is 105 cm³/mol. The van der Waals surface area contributed by atoms with Crippen molar-refractivity contribution >= 4 is 18.9 Å². The maximum Gasteiger partial charge on any atom is 0.547 e. The lowest BCUT2D eigenvalue weighted by molar-refractivity contribution is -0.140. The Morgan fingerprint density at radius 3 is 2.97 bits per heavy atom. The Labute approximate surface area is 169 Å². The van der Waals surface area contributed by atoms with Gasteiger partial charge in [0.2, 0.25) is 11.8 Å². The van der Waals surface area contributed by atoms with Gasteiger partial charge in [-0.05, 0) is 12.0 Å². The molecule has 0 aromatic heterocycles. The number of piperazine rings is 1. The van der Waals surface area contributed by atoms with Crippen LogP contribution in [0.5, 0.6) is 5.75 Å². The van der Waals surface area contributed by atoms with Gasteiger partial charge in [0.05, 0.1) is 25.6 Å². The quantitative estimate of drug-likeness (QED) is 0.279. The van der Waals surface area contributed by atoms with E-state index in [1.165, 1.54) is 4.90 Å². The van der Waals surface area contributed by atoms with Crippen molar-refractivity contribution in [2.75, 3.05) is 46.1 Å². The second-order valence-corrected chi connectivity index (χ2v) is 7.15. The molecule has 1 saturated heterocycles. The zero-order valence-electron chi connectivity index (χ0n) is 16.2. The van der Waals surface area contributed by atoms with E-state index < -0.39 is 19.9 Å². The van der Waals surface area contributed by atoms with Gasteiger partial charge in [0.1, 0.15) is 12.5 Å². The van der Waals surface area contributed by atoms with Crippen LogP contribution in [0.2, 0.25) is 0 Å². The molecule has 5 N–H and O–H groups in total. The Hall–Kier alpha value is -2.18. The van der Waals surface area contributed by atoms with Crippen LogP contribution < -0.4 is 15.7 Å². The standard InChI is InChI=1S/C18H27BN4O6/c20-4-5-22-6-7-23(17(26)10-22)9-16(25)21-15-8-13-2-1-3-14(11-28-12-24)18(13)29-19(15)27/h1-3,15,24,27H,4-12,20H2,(H,21,25)/t15-/m0/s1. The summed E-state index contributed by atoms with van der Waals surface area (Å²) >= 11 is 0. The molecule has 158 valence electrons. The average Bonchev–Trinajstić information content (AvgIpc) is 2.69. The molecule has 0 aliphatic carbocycles. The molecule has 0 bridgehead atoms. The highest BCUT2D eigenvalue weighted by atomic mass is 16.6. The van der Waals surface area contributed by atoms with Gasteiger partial charge in [0.25, 0.3) is 0 Å². The Morgan fingerprint density at radius 1 is 1.41 bits per heavy atom. The molecular weight excluding hydrogens is 379 g/mol. The van der Waals surface area contributed by atoms with Crippen LogP contribution in [0, 0.1) is 0 Å². The molecule has 2 aliphatic rings. The van der Waals surface area contributed by atoms with Crippen LogP contribution in [0.15, 0.2) is 18.2 Å². The summed E-state index contributed by atoms with van der Waals surface area (Å²) in [7, 11) is -1.22. The summed E-state index contributed by atoms with van der Waals surface area (Å²) in [5, 5.41) is 21.9. The Morgan fingerprint density at radius 2 is 2.24 bits per heavy atom. The Balaban J connectivity index is 1.56. The molecule has 1 fully saturated rings. The molecule has 3 rings (SSSR count). The first-order chi connectivity index (χ1) is 14.0. The summed E-state index contributed by atoms with van der Waals surface area (Å²) in [5.74, 6) is -0.580. The van der Waals surface area contributed by atoms with Crippen LogP contribution in [0.25, 0.3) is 0 Å². The fourth-order valence-electron chi connectivity index (χ4n) is 3.61. The van der Waals surface area contributed by atoms with Crippen molar-refractivity contribution in [1.82, 2.24) is 15.1 Å². The highest BCUT2D eigenvalue weighted by Crippen LogP contribution is 2.30. The van der Waals surface area contributed by atoms with Crippen molar-refractivity contribution in [3.63, 3.8) is 0 Å². The molecule has 1 aromatic carbocycles. The number of nitrogens with two attached hydrogens (primary N) is 1. The fourth-order valence-corrected chi connectivity index (χ4v) is 3.61. The van der Waals surface area contributed by atoms with Crippen molar-refractivity contribution in [2.45, 2.75) is 19.0 Å². The topological polar surface area (TPSA) is 138 Å². The van der Waals surface area contributed by atoms with Crippen LogP contribution in [0.4, 0.5) is 0 Å². The highest BCUT2D eigenvalue weighted by Gasteiger charge is 2.37. The number of ether oxygens (including phenoxy) is 1. The molecule has 1 aromatic rings. The minimum absolute atomic E-state index is 0.0598. The molecule has 2 aliphatic heterocycles. The Kier molecular flexibility index (Phi) is 7.45. The van der Waals surface area contributed by atoms with Gasteiger partial charge in [-0.15, -0.1) is 0 Å². The van der Waals surface area contributed by atoms with Crippen molar-refractivity contribution in [3.05, 3.63) is 29.3 Å². The van der Waals surface area contributed by atoms with Crippen molar-refractivity contribution in [3.8, 4) is 5.75 Å². The van der Waals surface area contributed by atoms with Crippen molar-refractivity contribution < 1.29 is 29.1 Å². The summed E-state index contributed by atoms with van der Waals surface area (Å²) in [5.41, 5.74) is 7.05. The van der Waals surface area contributed by atoms with Crippen LogP contribution >= 0.6 is 0 Å². The molecule has 0 radical (unpaired) electrons. The average molecular weight is 406 g/mol. The van der Waals surface area contributed by atoms with Crippen molar-refractivity contribution in [2.24, 2.45) is 5.73 Å². The maximum absolute atomic E-state index is 12.4. The monoisotopic (exact) mass is 406 g/mol. The zero-order chi connectivity index (χ0) is 20.8. The van der Waals surface area contributed by atoms with Gasteiger partial charge in [0.15, 0.2) is 0 Å². The number of hydrogen-bond donors (Lipinski definition) is 4. The van der Waals surface area contributed by atoms with E-state index in [0.29, 0.717) is 43.9 Å². The van der Waals surface area contributed by atoms with E-state index in [-0.39, 0.29) is 31.5 Å². The third-order valence-corrected chi connectivity index (χ3v) is 5.07. The van der Waals surface area contributed by atoms with Crippen molar-refractivity contribution in [1.29, 1.82) is 0 Å². The molecular formula is C18H27BN4O6. The summed E-state index contributed by atoms with van der Waals surface area (Å²) in [6.07, 6.45) is 0.382. The number of nitrogens with zero attached hydrogens (tertiary/aromatic N) is 2. The minimum atomic E-state index is -1.22. The van der Waals surface area contributed by atoms with E-state index >= 15 is 0 Å². The molecule has 2 amide bonds. The Bertz CT molecular complexity index is 736. The van der Waals surface area contributed by atoms with Crippen LogP contribution in [0.1, 0.15) is 11.1 Å². The minimum Gasteiger partial charge on any atom is -0.534 e. The number of aliphatic hydroxyl groups is 1. The zero-order valence-corrected chi connectivity index (χ0v) is 16.2. The first-order valence-corrected chi connectivity index (χ1v) is 9.65. The van der Waals surface area contributed by atoms with Gasteiger partial charge in [-0.2, -0.15) is 0 Å². The summed E-state index contributed by atoms with van der Waals surface area (Å²) < 4.78 is 10.6. The first kappa shape index (κ1) is 21.5. The number of para-hydroxylation sites is 1. The van der Waals surface area contributed by atoms with Crippen LogP contribution in [-0.2, 0) is 27.4 Å². The number of nitrogens with one attached hydrogen (secondary N) is 1. The highest BCUT2D eigenvalue weighted by molar-refractivity contribution is 6.46. The van der Waals surface area contributed by atoms with E-state index in [1.807, 2.05) is 17.0 Å². The molecule has 29 heavy (non-hydrogen) atoms.